The molecule has 1 aromatic carbocycles. The molecule has 0 amide bonds. The van der Waals surface area contributed by atoms with Crippen molar-refractivity contribution < 1.29 is 14.6 Å². The summed E-state index contributed by atoms with van der Waals surface area (Å²) in [6, 6.07) is 8.09. The summed E-state index contributed by atoms with van der Waals surface area (Å²) in [4.78, 5) is 14.7. The van der Waals surface area contributed by atoms with Gasteiger partial charge in [-0.25, -0.2) is 0 Å². The molecule has 2 unspecified atom stereocenters. The first-order valence-electron chi connectivity index (χ1n) is 6.66. The molecular weight excluding hydrogens is 242 g/mol. The summed E-state index contributed by atoms with van der Waals surface area (Å²) in [7, 11) is 0. The fourth-order valence-electron chi connectivity index (χ4n) is 2.94. The first-order chi connectivity index (χ1) is 9.22. The number of aliphatic carboxylic acids is 1. The molecule has 1 aromatic heterocycles. The number of hydrogen-bond donors (Lipinski definition) is 2. The van der Waals surface area contributed by atoms with Crippen LogP contribution in [-0.4, -0.2) is 22.7 Å². The molecule has 0 spiro atoms. The van der Waals surface area contributed by atoms with Crippen LogP contribution in [0.2, 0.25) is 0 Å². The van der Waals surface area contributed by atoms with Crippen LogP contribution in [0.5, 0.6) is 0 Å². The number of ether oxygens (including phenoxy) is 1. The van der Waals surface area contributed by atoms with Gasteiger partial charge in [-0.1, -0.05) is 25.1 Å². The van der Waals surface area contributed by atoms with E-state index in [-0.39, 0.29) is 6.10 Å². The molecule has 0 fully saturated rings. The SMILES string of the molecule is CCC(C(=O)O)C1OCCc2c1[nH]c1ccccc21. The molecule has 2 aromatic rings. The fraction of sp³-hybridized carbons (Fsp3) is 0.400. The van der Waals surface area contributed by atoms with Gasteiger partial charge in [0.1, 0.15) is 6.10 Å². The molecule has 0 radical (unpaired) electrons. The number of carboxylic acid groups (broad SMARTS) is 1. The van der Waals surface area contributed by atoms with E-state index < -0.39 is 11.9 Å². The molecule has 0 saturated heterocycles. The molecule has 4 heteroatoms. The van der Waals surface area contributed by atoms with Crippen LogP contribution in [0.25, 0.3) is 10.9 Å². The quantitative estimate of drug-likeness (QED) is 0.890. The second-order valence-electron chi connectivity index (χ2n) is 4.96. The Kier molecular flexibility index (Phi) is 3.03. The summed E-state index contributed by atoms with van der Waals surface area (Å²) in [6.07, 6.45) is 1.04. The van der Waals surface area contributed by atoms with E-state index in [2.05, 4.69) is 11.1 Å². The number of H-pyrrole nitrogens is 1. The van der Waals surface area contributed by atoms with Crippen molar-refractivity contribution in [3.05, 3.63) is 35.5 Å². The monoisotopic (exact) mass is 259 g/mol. The maximum atomic E-state index is 11.4. The summed E-state index contributed by atoms with van der Waals surface area (Å²) in [5.74, 6) is -1.29. The Morgan fingerprint density at radius 3 is 3.05 bits per heavy atom. The number of rotatable bonds is 3. The van der Waals surface area contributed by atoms with E-state index in [1.165, 1.54) is 10.9 Å². The number of fused-ring (bicyclic) bond motifs is 3. The van der Waals surface area contributed by atoms with E-state index >= 15 is 0 Å². The highest BCUT2D eigenvalue weighted by Crippen LogP contribution is 2.37. The van der Waals surface area contributed by atoms with Crippen LogP contribution in [0, 0.1) is 5.92 Å². The minimum atomic E-state index is -0.793. The standard InChI is InChI=1S/C15H17NO3/c1-2-9(15(17)18)14-13-11(7-8-19-14)10-5-3-4-6-12(10)16-13/h3-6,9,14,16H,2,7-8H2,1H3,(H,17,18). The maximum Gasteiger partial charge on any atom is 0.309 e. The lowest BCUT2D eigenvalue weighted by Crippen LogP contribution is -2.28. The number of carboxylic acids is 1. The third-order valence-electron chi connectivity index (χ3n) is 3.90. The van der Waals surface area contributed by atoms with E-state index in [9.17, 15) is 9.90 Å². The zero-order chi connectivity index (χ0) is 13.4. The molecule has 100 valence electrons. The Bertz CT molecular complexity index is 617. The van der Waals surface area contributed by atoms with Gasteiger partial charge in [0.2, 0.25) is 0 Å². The van der Waals surface area contributed by atoms with Crippen molar-refractivity contribution in [1.82, 2.24) is 4.98 Å². The van der Waals surface area contributed by atoms with Gasteiger partial charge in [-0.3, -0.25) is 4.79 Å². The molecule has 0 bridgehead atoms. The predicted molar refractivity (Wildman–Crippen MR) is 72.1 cm³/mol. The zero-order valence-corrected chi connectivity index (χ0v) is 10.8. The molecule has 1 aliphatic heterocycles. The van der Waals surface area contributed by atoms with Crippen molar-refractivity contribution in [2.75, 3.05) is 6.61 Å². The predicted octanol–water partition coefficient (Wildman–Crippen LogP) is 2.89. The summed E-state index contributed by atoms with van der Waals surface area (Å²) >= 11 is 0. The molecule has 2 atom stereocenters. The maximum absolute atomic E-state index is 11.4. The topological polar surface area (TPSA) is 62.3 Å². The highest BCUT2D eigenvalue weighted by atomic mass is 16.5. The Hall–Kier alpha value is -1.81. The molecule has 19 heavy (non-hydrogen) atoms. The second-order valence-corrected chi connectivity index (χ2v) is 4.96. The van der Waals surface area contributed by atoms with Gasteiger partial charge in [0.25, 0.3) is 0 Å². The average Bonchev–Trinajstić information content (AvgIpc) is 2.79. The van der Waals surface area contributed by atoms with Crippen LogP contribution >= 0.6 is 0 Å². The number of aromatic amines is 1. The minimum absolute atomic E-state index is 0.362. The number of nitrogens with one attached hydrogen (secondary N) is 1. The van der Waals surface area contributed by atoms with E-state index in [1.807, 2.05) is 25.1 Å². The van der Waals surface area contributed by atoms with Gasteiger partial charge in [0.05, 0.1) is 12.5 Å². The van der Waals surface area contributed by atoms with Crippen molar-refractivity contribution in [2.45, 2.75) is 25.9 Å². The molecule has 1 aliphatic rings. The first kappa shape index (κ1) is 12.2. The van der Waals surface area contributed by atoms with E-state index in [0.29, 0.717) is 13.0 Å². The normalized spacial score (nSPS) is 20.2. The van der Waals surface area contributed by atoms with Crippen molar-refractivity contribution in [2.24, 2.45) is 5.92 Å². The van der Waals surface area contributed by atoms with Crippen LogP contribution in [0.1, 0.15) is 30.7 Å². The van der Waals surface area contributed by atoms with Gasteiger partial charge < -0.3 is 14.8 Å². The smallest absolute Gasteiger partial charge is 0.309 e. The van der Waals surface area contributed by atoms with Crippen molar-refractivity contribution in [3.63, 3.8) is 0 Å². The number of carbonyl (C=O) groups is 1. The zero-order valence-electron chi connectivity index (χ0n) is 10.8. The van der Waals surface area contributed by atoms with Crippen LogP contribution < -0.4 is 0 Å². The molecule has 4 nitrogen and oxygen atoms in total. The lowest BCUT2D eigenvalue weighted by Gasteiger charge is -2.27. The van der Waals surface area contributed by atoms with Gasteiger partial charge in [-0.15, -0.1) is 0 Å². The molecule has 2 N–H and O–H groups in total. The minimum Gasteiger partial charge on any atom is -0.481 e. The first-order valence-corrected chi connectivity index (χ1v) is 6.66. The van der Waals surface area contributed by atoms with Crippen LogP contribution in [0.3, 0.4) is 0 Å². The van der Waals surface area contributed by atoms with E-state index in [0.717, 1.165) is 17.6 Å². The molecular formula is C15H17NO3. The Morgan fingerprint density at radius 2 is 2.32 bits per heavy atom. The highest BCUT2D eigenvalue weighted by molar-refractivity contribution is 5.85. The van der Waals surface area contributed by atoms with Crippen molar-refractivity contribution in [3.8, 4) is 0 Å². The van der Waals surface area contributed by atoms with Crippen LogP contribution in [-0.2, 0) is 16.0 Å². The van der Waals surface area contributed by atoms with Gasteiger partial charge in [-0.2, -0.15) is 0 Å². The van der Waals surface area contributed by atoms with Gasteiger partial charge >= 0.3 is 5.97 Å². The summed E-state index contributed by atoms with van der Waals surface area (Å²) in [5, 5.41) is 10.5. The van der Waals surface area contributed by atoms with Crippen molar-refractivity contribution in [1.29, 1.82) is 0 Å². The average molecular weight is 259 g/mol. The summed E-state index contributed by atoms with van der Waals surface area (Å²) in [6.45, 7) is 2.47. The highest BCUT2D eigenvalue weighted by Gasteiger charge is 2.34. The number of hydrogen-bond acceptors (Lipinski definition) is 2. The van der Waals surface area contributed by atoms with Gasteiger partial charge in [-0.05, 0) is 24.5 Å². The third kappa shape index (κ3) is 1.92. The van der Waals surface area contributed by atoms with Gasteiger partial charge in [0, 0.05) is 16.6 Å². The lowest BCUT2D eigenvalue weighted by molar-refractivity contribution is -0.148. The third-order valence-corrected chi connectivity index (χ3v) is 3.90. The Morgan fingerprint density at radius 1 is 1.53 bits per heavy atom. The largest absolute Gasteiger partial charge is 0.481 e. The summed E-state index contributed by atoms with van der Waals surface area (Å²) < 4.78 is 5.74. The van der Waals surface area contributed by atoms with E-state index in [1.54, 1.807) is 0 Å². The fourth-order valence-corrected chi connectivity index (χ4v) is 2.94. The van der Waals surface area contributed by atoms with Crippen LogP contribution in [0.15, 0.2) is 24.3 Å². The molecule has 3 rings (SSSR count). The number of aromatic nitrogens is 1. The molecule has 0 aliphatic carbocycles. The summed E-state index contributed by atoms with van der Waals surface area (Å²) in [5.41, 5.74) is 3.22. The second kappa shape index (κ2) is 4.70. The number of benzene rings is 1. The van der Waals surface area contributed by atoms with Gasteiger partial charge in [0.15, 0.2) is 0 Å². The Balaban J connectivity index is 2.11. The van der Waals surface area contributed by atoms with Crippen molar-refractivity contribution >= 4 is 16.9 Å². The number of para-hydroxylation sites is 1. The lowest BCUT2D eigenvalue weighted by atomic mass is 9.92. The molecule has 2 heterocycles. The van der Waals surface area contributed by atoms with E-state index in [4.69, 9.17) is 4.74 Å². The molecule has 0 saturated carbocycles. The Labute approximate surface area is 111 Å². The van der Waals surface area contributed by atoms with Crippen LogP contribution in [0.4, 0.5) is 0 Å².